The first kappa shape index (κ1) is 28.7. The summed E-state index contributed by atoms with van der Waals surface area (Å²) in [5.41, 5.74) is -0.198. The van der Waals surface area contributed by atoms with Crippen LogP contribution in [0.3, 0.4) is 0 Å². The highest BCUT2D eigenvalue weighted by Crippen LogP contribution is 2.28. The van der Waals surface area contributed by atoms with Crippen molar-refractivity contribution in [3.05, 3.63) is 71.4 Å². The Balaban J connectivity index is 1.61. The minimum absolute atomic E-state index is 0.0928. The quantitative estimate of drug-likeness (QED) is 0.254. The molecule has 0 aliphatic heterocycles. The van der Waals surface area contributed by atoms with Crippen molar-refractivity contribution >= 4 is 38.3 Å². The van der Waals surface area contributed by atoms with E-state index < -0.39 is 51.2 Å². The molecule has 0 radical (unpaired) electrons. The Bertz CT molecular complexity index is 1630. The van der Waals surface area contributed by atoms with Crippen LogP contribution in [0.25, 0.3) is 11.0 Å². The van der Waals surface area contributed by atoms with E-state index in [1.807, 2.05) is 29.0 Å². The highest BCUT2D eigenvalue weighted by molar-refractivity contribution is 7.92. The largest absolute Gasteiger partial charge is 0.497 e. The minimum Gasteiger partial charge on any atom is -0.497 e. The van der Waals surface area contributed by atoms with Gasteiger partial charge in [-0.3, -0.25) is 13.9 Å². The van der Waals surface area contributed by atoms with Gasteiger partial charge in [-0.2, -0.15) is 0 Å². The number of hydrogen-bond donors (Lipinski definition) is 2. The maximum atomic E-state index is 15.1. The molecule has 1 amide bonds. The van der Waals surface area contributed by atoms with E-state index in [0.29, 0.717) is 29.9 Å². The molecule has 0 bridgehead atoms. The number of methoxy groups -OCH3 is 1. The first-order valence-corrected chi connectivity index (χ1v) is 13.8. The molecule has 0 spiro atoms. The van der Waals surface area contributed by atoms with Crippen LogP contribution in [0.1, 0.15) is 29.3 Å². The van der Waals surface area contributed by atoms with Crippen LogP contribution in [0.2, 0.25) is 0 Å². The molecule has 0 unspecified atom stereocenters. The summed E-state index contributed by atoms with van der Waals surface area (Å²) < 4.78 is 80.4. The molecule has 40 heavy (non-hydrogen) atoms. The molecule has 0 saturated carbocycles. The third-order valence-corrected chi connectivity index (χ3v) is 7.07. The Morgan fingerprint density at radius 2 is 1.88 bits per heavy atom. The van der Waals surface area contributed by atoms with Crippen molar-refractivity contribution in [1.29, 1.82) is 0 Å². The normalized spacial score (nSPS) is 11.4. The first-order chi connectivity index (χ1) is 19.2. The number of alkyl halides is 1. The molecular formula is C26H26F3N5O5S. The van der Waals surface area contributed by atoms with Crippen LogP contribution in [0.15, 0.2) is 48.7 Å². The molecule has 0 aliphatic carbocycles. The van der Waals surface area contributed by atoms with E-state index in [9.17, 15) is 22.0 Å². The van der Waals surface area contributed by atoms with Gasteiger partial charge in [0.05, 0.1) is 55.6 Å². The van der Waals surface area contributed by atoms with E-state index >= 15 is 4.39 Å². The average Bonchev–Trinajstić information content (AvgIpc) is 3.26. The van der Waals surface area contributed by atoms with Crippen molar-refractivity contribution < 1.29 is 35.9 Å². The number of halogens is 3. The summed E-state index contributed by atoms with van der Waals surface area (Å²) in [5.74, 6) is -3.46. The zero-order valence-electron chi connectivity index (χ0n) is 21.6. The van der Waals surface area contributed by atoms with E-state index in [4.69, 9.17) is 9.47 Å². The van der Waals surface area contributed by atoms with Gasteiger partial charge in [-0.1, -0.05) is 12.1 Å². The number of rotatable bonds is 12. The number of carbonyl (C=O) groups is 1. The van der Waals surface area contributed by atoms with Crippen LogP contribution < -0.4 is 19.5 Å². The molecule has 0 fully saturated rings. The monoisotopic (exact) mass is 577 g/mol. The summed E-state index contributed by atoms with van der Waals surface area (Å²) in [5, 5.41) is 7.30. The summed E-state index contributed by atoms with van der Waals surface area (Å²) in [6.45, 7) is 1.55. The van der Waals surface area contributed by atoms with E-state index in [-0.39, 0.29) is 18.0 Å². The van der Waals surface area contributed by atoms with Gasteiger partial charge in [0, 0.05) is 0 Å². The maximum Gasteiger partial charge on any atom is 0.261 e. The van der Waals surface area contributed by atoms with Gasteiger partial charge in [0.1, 0.15) is 17.1 Å². The smallest absolute Gasteiger partial charge is 0.261 e. The maximum absolute atomic E-state index is 15.1. The third kappa shape index (κ3) is 6.45. The zero-order valence-corrected chi connectivity index (χ0v) is 22.4. The van der Waals surface area contributed by atoms with Crippen molar-refractivity contribution in [2.45, 2.75) is 19.9 Å². The van der Waals surface area contributed by atoms with Crippen LogP contribution in [0.4, 0.5) is 24.5 Å². The number of amides is 1. The second-order valence-electron chi connectivity index (χ2n) is 8.54. The predicted octanol–water partition coefficient (Wildman–Crippen LogP) is 4.52. The van der Waals surface area contributed by atoms with E-state index in [0.717, 1.165) is 17.7 Å². The molecule has 2 aromatic heterocycles. The Kier molecular flexibility index (Phi) is 8.77. The molecule has 0 atom stereocenters. The van der Waals surface area contributed by atoms with Crippen molar-refractivity contribution in [3.8, 4) is 11.6 Å². The zero-order chi connectivity index (χ0) is 28.9. The highest BCUT2D eigenvalue weighted by atomic mass is 32.2. The van der Waals surface area contributed by atoms with Gasteiger partial charge in [-0.25, -0.2) is 26.9 Å². The number of benzene rings is 2. The molecule has 212 valence electrons. The van der Waals surface area contributed by atoms with Crippen LogP contribution in [0, 0.1) is 11.6 Å². The van der Waals surface area contributed by atoms with Gasteiger partial charge >= 0.3 is 0 Å². The van der Waals surface area contributed by atoms with Crippen LogP contribution in [-0.4, -0.2) is 55.2 Å². The molecule has 2 N–H and O–H groups in total. The molecule has 4 rings (SSSR count). The fraction of sp³-hybridized carbons (Fsp3) is 0.269. The second-order valence-corrected chi connectivity index (χ2v) is 10.4. The highest BCUT2D eigenvalue weighted by Gasteiger charge is 2.24. The SMILES string of the molecule is CCOc1nn(Cc2ccc(OC)cc2)c2ncc(NC(=O)c3c(F)ccc(NS(=O)(=O)CCCF)c3F)cc12. The molecule has 0 aliphatic rings. The number of hydrogen-bond acceptors (Lipinski definition) is 7. The second kappa shape index (κ2) is 12.2. The number of carbonyl (C=O) groups excluding carboxylic acids is 1. The lowest BCUT2D eigenvalue weighted by Gasteiger charge is -2.12. The van der Waals surface area contributed by atoms with Crippen molar-refractivity contribution in [1.82, 2.24) is 14.8 Å². The number of fused-ring (bicyclic) bond motifs is 1. The number of nitrogens with one attached hydrogen (secondary N) is 2. The predicted molar refractivity (Wildman–Crippen MR) is 143 cm³/mol. The fourth-order valence-electron chi connectivity index (χ4n) is 3.85. The molecule has 14 heteroatoms. The number of anilines is 2. The fourth-order valence-corrected chi connectivity index (χ4v) is 4.94. The molecule has 4 aromatic rings. The van der Waals surface area contributed by atoms with Gasteiger partial charge in [0.2, 0.25) is 15.9 Å². The van der Waals surface area contributed by atoms with Crippen LogP contribution >= 0.6 is 0 Å². The average molecular weight is 578 g/mol. The number of nitrogens with zero attached hydrogens (tertiary/aromatic N) is 3. The summed E-state index contributed by atoms with van der Waals surface area (Å²) in [6.07, 6.45) is 0.989. The Labute approximate surface area is 228 Å². The molecule has 2 heterocycles. The summed E-state index contributed by atoms with van der Waals surface area (Å²) in [4.78, 5) is 17.3. The van der Waals surface area contributed by atoms with Gasteiger partial charge in [-0.05, 0) is 49.2 Å². The molecule has 0 saturated heterocycles. The molecular weight excluding hydrogens is 551 g/mol. The number of pyridine rings is 1. The molecule has 10 nitrogen and oxygen atoms in total. The third-order valence-electron chi connectivity index (χ3n) is 5.71. The van der Waals surface area contributed by atoms with Crippen LogP contribution in [0.5, 0.6) is 11.6 Å². The van der Waals surface area contributed by atoms with Gasteiger partial charge < -0.3 is 14.8 Å². The standard InChI is InChI=1S/C26H26F3N5O5S/c1-3-39-26-19-13-17(14-30-24(19)34(32-26)15-16-5-7-18(38-2)8-6-16)31-25(35)22-20(28)9-10-21(23(22)29)33-40(36,37)12-4-11-27/h5-10,13-14,33H,3-4,11-12,15H2,1-2H3,(H,31,35). The van der Waals surface area contributed by atoms with Gasteiger partial charge in [-0.15, -0.1) is 5.10 Å². The summed E-state index contributed by atoms with van der Waals surface area (Å²) in [6, 6.07) is 10.5. The Morgan fingerprint density at radius 1 is 1.12 bits per heavy atom. The lowest BCUT2D eigenvalue weighted by molar-refractivity contribution is 0.101. The summed E-state index contributed by atoms with van der Waals surface area (Å²) in [7, 11) is -2.54. The summed E-state index contributed by atoms with van der Waals surface area (Å²) >= 11 is 0. The van der Waals surface area contributed by atoms with E-state index in [1.165, 1.54) is 12.3 Å². The minimum atomic E-state index is -4.12. The Hall–Kier alpha value is -4.33. The molecule has 2 aromatic carbocycles. The lowest BCUT2D eigenvalue weighted by atomic mass is 10.1. The van der Waals surface area contributed by atoms with Gasteiger partial charge in [0.15, 0.2) is 11.5 Å². The van der Waals surface area contributed by atoms with Crippen molar-refractivity contribution in [3.63, 3.8) is 0 Å². The van der Waals surface area contributed by atoms with Crippen molar-refractivity contribution in [2.24, 2.45) is 0 Å². The van der Waals surface area contributed by atoms with Crippen molar-refractivity contribution in [2.75, 3.05) is 36.2 Å². The lowest BCUT2D eigenvalue weighted by Crippen LogP contribution is -2.21. The number of aromatic nitrogens is 3. The topological polar surface area (TPSA) is 124 Å². The Morgan fingerprint density at radius 3 is 2.55 bits per heavy atom. The number of ether oxygens (including phenoxy) is 2. The van der Waals surface area contributed by atoms with Gasteiger partial charge in [0.25, 0.3) is 5.91 Å². The van der Waals surface area contributed by atoms with E-state index in [1.54, 1.807) is 18.7 Å². The number of sulfonamides is 1. The van der Waals surface area contributed by atoms with E-state index in [2.05, 4.69) is 15.4 Å². The van der Waals surface area contributed by atoms with Crippen LogP contribution in [-0.2, 0) is 16.6 Å². The first-order valence-electron chi connectivity index (χ1n) is 12.1.